The molecule has 1 aliphatic carbocycles. The van der Waals surface area contributed by atoms with Gasteiger partial charge in [0.05, 0.1) is 9.26 Å². The minimum atomic E-state index is 0.626. The molecule has 104 valence electrons. The molecular formula is C16H18IN3. The fourth-order valence-electron chi connectivity index (χ4n) is 2.37. The smallest absolute Gasteiger partial charge is 0.162 e. The van der Waals surface area contributed by atoms with Gasteiger partial charge in [0.15, 0.2) is 5.82 Å². The van der Waals surface area contributed by atoms with E-state index in [9.17, 15) is 0 Å². The number of hydrogen-bond donors (Lipinski definition) is 1. The molecule has 1 aromatic carbocycles. The van der Waals surface area contributed by atoms with E-state index in [-0.39, 0.29) is 0 Å². The zero-order valence-corrected chi connectivity index (χ0v) is 14.2. The molecule has 0 saturated heterocycles. The second-order valence-corrected chi connectivity index (χ2v) is 6.45. The number of aromatic nitrogens is 2. The van der Waals surface area contributed by atoms with Crippen LogP contribution < -0.4 is 5.32 Å². The normalized spacial score (nSPS) is 14.4. The van der Waals surface area contributed by atoms with Gasteiger partial charge in [0, 0.05) is 18.5 Å². The Bertz CT molecular complexity index is 663. The van der Waals surface area contributed by atoms with Gasteiger partial charge in [0.25, 0.3) is 0 Å². The Morgan fingerprint density at radius 1 is 1.20 bits per heavy atom. The van der Waals surface area contributed by atoms with Crippen molar-refractivity contribution in [2.24, 2.45) is 0 Å². The van der Waals surface area contributed by atoms with E-state index in [1.165, 1.54) is 33.2 Å². The van der Waals surface area contributed by atoms with Crippen LogP contribution in [-0.2, 0) is 0 Å². The highest BCUT2D eigenvalue weighted by Gasteiger charge is 2.29. The summed E-state index contributed by atoms with van der Waals surface area (Å²) in [5, 5.41) is 3.20. The lowest BCUT2D eigenvalue weighted by Gasteiger charge is -2.13. The second-order valence-electron chi connectivity index (χ2n) is 5.37. The van der Waals surface area contributed by atoms with Gasteiger partial charge in [-0.3, -0.25) is 0 Å². The molecule has 0 bridgehead atoms. The lowest BCUT2D eigenvalue weighted by atomic mass is 10.0. The van der Waals surface area contributed by atoms with E-state index < -0.39 is 0 Å². The topological polar surface area (TPSA) is 37.8 Å². The second kappa shape index (κ2) is 5.31. The molecule has 3 rings (SSSR count). The highest BCUT2D eigenvalue weighted by molar-refractivity contribution is 14.1. The van der Waals surface area contributed by atoms with Crippen molar-refractivity contribution in [1.82, 2.24) is 9.97 Å². The van der Waals surface area contributed by atoms with E-state index in [2.05, 4.69) is 60.0 Å². The van der Waals surface area contributed by atoms with Crippen LogP contribution in [0.25, 0.3) is 11.4 Å². The third-order valence-electron chi connectivity index (χ3n) is 3.92. The average molecular weight is 379 g/mol. The molecule has 2 aromatic rings. The summed E-state index contributed by atoms with van der Waals surface area (Å²) in [6.07, 6.45) is 2.50. The van der Waals surface area contributed by atoms with Crippen LogP contribution in [0.5, 0.6) is 0 Å². The van der Waals surface area contributed by atoms with Crippen LogP contribution in [0.2, 0.25) is 0 Å². The number of halogens is 1. The van der Waals surface area contributed by atoms with Gasteiger partial charge in [-0.2, -0.15) is 0 Å². The fourth-order valence-corrected chi connectivity index (χ4v) is 3.32. The summed E-state index contributed by atoms with van der Waals surface area (Å²) in [6, 6.07) is 6.32. The van der Waals surface area contributed by atoms with Gasteiger partial charge in [-0.15, -0.1) is 0 Å². The van der Waals surface area contributed by atoms with Gasteiger partial charge in [-0.25, -0.2) is 9.97 Å². The van der Waals surface area contributed by atoms with Gasteiger partial charge >= 0.3 is 0 Å². The summed E-state index contributed by atoms with van der Waals surface area (Å²) in [7, 11) is 1.92. The summed E-state index contributed by atoms with van der Waals surface area (Å²) in [5.74, 6) is 2.41. The van der Waals surface area contributed by atoms with E-state index >= 15 is 0 Å². The van der Waals surface area contributed by atoms with Crippen molar-refractivity contribution in [1.29, 1.82) is 0 Å². The number of rotatable bonds is 3. The molecule has 1 aliphatic rings. The molecule has 1 fully saturated rings. The molecule has 0 amide bonds. The quantitative estimate of drug-likeness (QED) is 0.809. The molecule has 1 N–H and O–H groups in total. The van der Waals surface area contributed by atoms with Crippen molar-refractivity contribution in [3.8, 4) is 11.4 Å². The monoisotopic (exact) mass is 379 g/mol. The summed E-state index contributed by atoms with van der Waals surface area (Å²) < 4.78 is 1.17. The van der Waals surface area contributed by atoms with Crippen LogP contribution in [0, 0.1) is 17.4 Å². The largest absolute Gasteiger partial charge is 0.372 e. The van der Waals surface area contributed by atoms with Crippen molar-refractivity contribution < 1.29 is 0 Å². The van der Waals surface area contributed by atoms with Crippen LogP contribution >= 0.6 is 22.6 Å². The standard InChI is InChI=1S/C16H18IN3/c1-9-5-4-6-12(10(9)2)15-19-14(11-7-8-11)13(17)16(18-3)20-15/h4-6,11H,7-8H2,1-3H3,(H,18,19,20). The van der Waals surface area contributed by atoms with E-state index in [1.54, 1.807) is 0 Å². The van der Waals surface area contributed by atoms with Crippen molar-refractivity contribution in [2.45, 2.75) is 32.6 Å². The molecule has 0 spiro atoms. The minimum absolute atomic E-state index is 0.626. The molecule has 0 radical (unpaired) electrons. The Balaban J connectivity index is 2.18. The number of aryl methyl sites for hydroxylation is 1. The Morgan fingerprint density at radius 3 is 2.60 bits per heavy atom. The predicted octanol–water partition coefficient (Wildman–Crippen LogP) is 4.28. The summed E-state index contributed by atoms with van der Waals surface area (Å²) in [6.45, 7) is 4.27. The first kappa shape index (κ1) is 13.8. The van der Waals surface area contributed by atoms with E-state index in [0.717, 1.165) is 17.2 Å². The van der Waals surface area contributed by atoms with Gasteiger partial charge < -0.3 is 5.32 Å². The first-order valence-corrected chi connectivity index (χ1v) is 8.01. The number of nitrogens with one attached hydrogen (secondary N) is 1. The van der Waals surface area contributed by atoms with E-state index in [4.69, 9.17) is 9.97 Å². The molecular weight excluding hydrogens is 361 g/mol. The molecule has 1 heterocycles. The number of anilines is 1. The Kier molecular flexibility index (Phi) is 3.67. The molecule has 0 atom stereocenters. The van der Waals surface area contributed by atoms with Crippen molar-refractivity contribution >= 4 is 28.4 Å². The first-order chi connectivity index (χ1) is 9.61. The number of benzene rings is 1. The van der Waals surface area contributed by atoms with E-state index in [0.29, 0.717) is 5.92 Å². The van der Waals surface area contributed by atoms with Crippen LogP contribution in [0.3, 0.4) is 0 Å². The summed E-state index contributed by atoms with van der Waals surface area (Å²) in [5.41, 5.74) is 4.89. The Morgan fingerprint density at radius 2 is 1.95 bits per heavy atom. The lowest BCUT2D eigenvalue weighted by molar-refractivity contribution is 0.977. The maximum atomic E-state index is 4.86. The third kappa shape index (κ3) is 2.41. The average Bonchev–Trinajstić information content (AvgIpc) is 3.27. The lowest BCUT2D eigenvalue weighted by Crippen LogP contribution is -2.05. The highest BCUT2D eigenvalue weighted by Crippen LogP contribution is 2.43. The molecule has 0 unspecified atom stereocenters. The van der Waals surface area contributed by atoms with Crippen molar-refractivity contribution in [3.05, 3.63) is 38.6 Å². The SMILES string of the molecule is CNc1nc(-c2cccc(C)c2C)nc(C2CC2)c1I. The predicted molar refractivity (Wildman–Crippen MR) is 91.2 cm³/mol. The zero-order chi connectivity index (χ0) is 14.3. The summed E-state index contributed by atoms with van der Waals surface area (Å²) >= 11 is 2.36. The van der Waals surface area contributed by atoms with Crippen LogP contribution in [0.1, 0.15) is 35.6 Å². The molecule has 1 aromatic heterocycles. The van der Waals surface area contributed by atoms with E-state index in [1.807, 2.05) is 7.05 Å². The van der Waals surface area contributed by atoms with Crippen molar-refractivity contribution in [2.75, 3.05) is 12.4 Å². The number of nitrogens with zero attached hydrogens (tertiary/aromatic N) is 2. The summed E-state index contributed by atoms with van der Waals surface area (Å²) in [4.78, 5) is 9.56. The van der Waals surface area contributed by atoms with Crippen LogP contribution in [-0.4, -0.2) is 17.0 Å². The van der Waals surface area contributed by atoms with Crippen molar-refractivity contribution in [3.63, 3.8) is 0 Å². The highest BCUT2D eigenvalue weighted by atomic mass is 127. The minimum Gasteiger partial charge on any atom is -0.372 e. The van der Waals surface area contributed by atoms with Crippen LogP contribution in [0.15, 0.2) is 18.2 Å². The molecule has 20 heavy (non-hydrogen) atoms. The molecule has 0 aliphatic heterocycles. The Hall–Kier alpha value is -1.17. The maximum absolute atomic E-state index is 4.86. The zero-order valence-electron chi connectivity index (χ0n) is 12.0. The fraction of sp³-hybridized carbons (Fsp3) is 0.375. The molecule has 1 saturated carbocycles. The maximum Gasteiger partial charge on any atom is 0.162 e. The Labute approximate surface area is 133 Å². The molecule has 3 nitrogen and oxygen atoms in total. The first-order valence-electron chi connectivity index (χ1n) is 6.93. The van der Waals surface area contributed by atoms with Gasteiger partial charge in [-0.05, 0) is 60.4 Å². The van der Waals surface area contributed by atoms with Gasteiger partial charge in [0.1, 0.15) is 5.82 Å². The van der Waals surface area contributed by atoms with Gasteiger partial charge in [0.2, 0.25) is 0 Å². The molecule has 4 heteroatoms. The van der Waals surface area contributed by atoms with Gasteiger partial charge in [-0.1, -0.05) is 18.2 Å². The number of hydrogen-bond acceptors (Lipinski definition) is 3. The van der Waals surface area contributed by atoms with Crippen LogP contribution in [0.4, 0.5) is 5.82 Å². The third-order valence-corrected chi connectivity index (χ3v) is 4.99.